The van der Waals surface area contributed by atoms with E-state index in [4.69, 9.17) is 11.6 Å². The molecule has 0 N–H and O–H groups in total. The molecule has 0 saturated carbocycles. The van der Waals surface area contributed by atoms with Crippen LogP contribution >= 0.6 is 22.9 Å². The van der Waals surface area contributed by atoms with E-state index in [1.807, 2.05) is 23.4 Å². The van der Waals surface area contributed by atoms with Gasteiger partial charge >= 0.3 is 0 Å². The second kappa shape index (κ2) is 5.70. The van der Waals surface area contributed by atoms with Crippen molar-refractivity contribution in [2.45, 2.75) is 6.54 Å². The molecule has 2 rings (SSSR count). The zero-order valence-electron chi connectivity index (χ0n) is 10.6. The molecule has 0 amide bonds. The Kier molecular flexibility index (Phi) is 4.39. The monoisotopic (exact) mass is 319 g/mol. The fraction of sp³-hybridized carbons (Fsp3) is 0.455. The van der Waals surface area contributed by atoms with Gasteiger partial charge in [-0.2, -0.15) is 0 Å². The van der Waals surface area contributed by atoms with Gasteiger partial charge in [-0.05, 0) is 18.5 Å². The third-order valence-corrected chi connectivity index (χ3v) is 4.60. The van der Waals surface area contributed by atoms with E-state index >= 15 is 0 Å². The minimum absolute atomic E-state index is 0.123. The Balaban J connectivity index is 2.08. The minimum atomic E-state index is -2.95. The molecule has 104 valence electrons. The van der Waals surface area contributed by atoms with Gasteiger partial charge in [-0.3, -0.25) is 4.90 Å². The highest BCUT2D eigenvalue weighted by atomic mass is 35.5. The van der Waals surface area contributed by atoms with E-state index in [2.05, 4.69) is 9.97 Å². The number of fused-ring (bicyclic) bond motifs is 1. The maximum atomic E-state index is 11.1. The van der Waals surface area contributed by atoms with E-state index in [-0.39, 0.29) is 5.75 Å². The fourth-order valence-electron chi connectivity index (χ4n) is 1.57. The SMILES string of the molecule is CN(CCS(C)(=O)=O)Cc1nc(Cl)c2ccsc2n1. The van der Waals surface area contributed by atoms with E-state index in [1.54, 1.807) is 0 Å². The Hall–Kier alpha value is -0.760. The minimum Gasteiger partial charge on any atom is -0.298 e. The zero-order chi connectivity index (χ0) is 14.0. The van der Waals surface area contributed by atoms with Crippen molar-refractivity contribution in [1.29, 1.82) is 0 Å². The Bertz CT molecular complexity index is 684. The molecule has 0 unspecified atom stereocenters. The van der Waals surface area contributed by atoms with E-state index in [0.29, 0.717) is 24.1 Å². The number of sulfone groups is 1. The molecule has 0 atom stereocenters. The third-order valence-electron chi connectivity index (χ3n) is 2.58. The van der Waals surface area contributed by atoms with Crippen molar-refractivity contribution in [3.8, 4) is 0 Å². The Morgan fingerprint density at radius 3 is 2.84 bits per heavy atom. The highest BCUT2D eigenvalue weighted by molar-refractivity contribution is 7.90. The van der Waals surface area contributed by atoms with Gasteiger partial charge in [0.15, 0.2) is 0 Å². The van der Waals surface area contributed by atoms with Crippen LogP contribution < -0.4 is 0 Å². The first-order valence-corrected chi connectivity index (χ1v) is 8.93. The Morgan fingerprint density at radius 1 is 1.42 bits per heavy atom. The van der Waals surface area contributed by atoms with Crippen molar-refractivity contribution < 1.29 is 8.42 Å². The van der Waals surface area contributed by atoms with E-state index in [9.17, 15) is 8.42 Å². The van der Waals surface area contributed by atoms with Crippen molar-refractivity contribution in [3.63, 3.8) is 0 Å². The highest BCUT2D eigenvalue weighted by Crippen LogP contribution is 2.24. The van der Waals surface area contributed by atoms with Crippen LogP contribution in [0, 0.1) is 0 Å². The van der Waals surface area contributed by atoms with Crippen molar-refractivity contribution in [2.24, 2.45) is 0 Å². The van der Waals surface area contributed by atoms with E-state index in [1.165, 1.54) is 17.6 Å². The van der Waals surface area contributed by atoms with Crippen LogP contribution in [-0.2, 0) is 16.4 Å². The predicted molar refractivity (Wildman–Crippen MR) is 78.5 cm³/mol. The van der Waals surface area contributed by atoms with Crippen molar-refractivity contribution in [1.82, 2.24) is 14.9 Å². The summed E-state index contributed by atoms with van der Waals surface area (Å²) in [6, 6.07) is 1.89. The number of hydrogen-bond donors (Lipinski definition) is 0. The second-order valence-corrected chi connectivity index (χ2v) is 7.95. The van der Waals surface area contributed by atoms with Gasteiger partial charge in [0.2, 0.25) is 0 Å². The average Bonchev–Trinajstić information content (AvgIpc) is 2.74. The number of rotatable bonds is 5. The van der Waals surface area contributed by atoms with Crippen LogP contribution in [0.3, 0.4) is 0 Å². The summed E-state index contributed by atoms with van der Waals surface area (Å²) in [5.74, 6) is 0.731. The van der Waals surface area contributed by atoms with Crippen LogP contribution in [0.4, 0.5) is 0 Å². The summed E-state index contributed by atoms with van der Waals surface area (Å²) in [6.07, 6.45) is 1.23. The van der Waals surface area contributed by atoms with Crippen LogP contribution in [0.5, 0.6) is 0 Å². The summed E-state index contributed by atoms with van der Waals surface area (Å²) in [4.78, 5) is 11.4. The summed E-state index contributed by atoms with van der Waals surface area (Å²) in [5.41, 5.74) is 0. The number of hydrogen-bond acceptors (Lipinski definition) is 6. The average molecular weight is 320 g/mol. The molecule has 0 aliphatic heterocycles. The van der Waals surface area contributed by atoms with Gasteiger partial charge in [0.05, 0.1) is 12.3 Å². The van der Waals surface area contributed by atoms with Crippen LogP contribution in [0.15, 0.2) is 11.4 Å². The zero-order valence-corrected chi connectivity index (χ0v) is 13.0. The molecule has 2 aromatic rings. The lowest BCUT2D eigenvalue weighted by Gasteiger charge is -2.14. The molecule has 5 nitrogen and oxygen atoms in total. The van der Waals surface area contributed by atoms with Crippen molar-refractivity contribution in [2.75, 3.05) is 25.6 Å². The molecule has 19 heavy (non-hydrogen) atoms. The molecular weight excluding hydrogens is 306 g/mol. The number of thiophene rings is 1. The number of aromatic nitrogens is 2. The summed E-state index contributed by atoms with van der Waals surface area (Å²) in [7, 11) is -1.12. The standard InChI is InChI=1S/C11H14ClN3O2S2/c1-15(4-6-19(2,16)17)7-9-13-10(12)8-3-5-18-11(8)14-9/h3,5H,4,6-7H2,1-2H3. The summed E-state index contributed by atoms with van der Waals surface area (Å²) in [6.45, 7) is 0.922. The Morgan fingerprint density at radius 2 is 2.16 bits per heavy atom. The summed E-state index contributed by atoms with van der Waals surface area (Å²) >= 11 is 7.59. The van der Waals surface area contributed by atoms with Gasteiger partial charge in [0.1, 0.15) is 25.6 Å². The quantitative estimate of drug-likeness (QED) is 0.787. The normalized spacial score (nSPS) is 12.4. The van der Waals surface area contributed by atoms with Gasteiger partial charge in [-0.25, -0.2) is 18.4 Å². The summed E-state index contributed by atoms with van der Waals surface area (Å²) < 4.78 is 22.2. The van der Waals surface area contributed by atoms with Crippen LogP contribution in [0.1, 0.15) is 5.82 Å². The maximum absolute atomic E-state index is 11.1. The van der Waals surface area contributed by atoms with Crippen LogP contribution in [0.25, 0.3) is 10.2 Å². The fourth-order valence-corrected chi connectivity index (χ4v) is 3.31. The maximum Gasteiger partial charge on any atom is 0.148 e. The van der Waals surface area contributed by atoms with Gasteiger partial charge in [-0.1, -0.05) is 11.6 Å². The van der Waals surface area contributed by atoms with Gasteiger partial charge < -0.3 is 0 Å². The smallest absolute Gasteiger partial charge is 0.148 e. The van der Waals surface area contributed by atoms with Crippen LogP contribution in [-0.4, -0.2) is 48.9 Å². The first kappa shape index (κ1) is 14.6. The lowest BCUT2D eigenvalue weighted by molar-refractivity contribution is 0.337. The molecule has 0 saturated heterocycles. The van der Waals surface area contributed by atoms with Gasteiger partial charge in [0, 0.05) is 18.2 Å². The molecule has 0 aliphatic rings. The molecule has 0 spiro atoms. The first-order valence-electron chi connectivity index (χ1n) is 5.61. The van der Waals surface area contributed by atoms with Crippen LogP contribution in [0.2, 0.25) is 5.15 Å². The van der Waals surface area contributed by atoms with Crippen molar-refractivity contribution in [3.05, 3.63) is 22.4 Å². The summed E-state index contributed by atoms with van der Waals surface area (Å²) in [5, 5.41) is 3.22. The lowest BCUT2D eigenvalue weighted by atomic mass is 10.4. The first-order chi connectivity index (χ1) is 8.85. The molecule has 0 bridgehead atoms. The predicted octanol–water partition coefficient (Wildman–Crippen LogP) is 1.82. The molecule has 2 aromatic heterocycles. The molecule has 0 aromatic carbocycles. The topological polar surface area (TPSA) is 63.2 Å². The second-order valence-electron chi connectivity index (χ2n) is 4.44. The van der Waals surface area contributed by atoms with E-state index < -0.39 is 9.84 Å². The van der Waals surface area contributed by atoms with E-state index in [0.717, 1.165) is 10.2 Å². The number of nitrogens with zero attached hydrogens (tertiary/aromatic N) is 3. The molecule has 8 heteroatoms. The molecule has 2 heterocycles. The lowest BCUT2D eigenvalue weighted by Crippen LogP contribution is -2.25. The van der Waals surface area contributed by atoms with Gasteiger partial charge in [0.25, 0.3) is 0 Å². The van der Waals surface area contributed by atoms with Crippen molar-refractivity contribution >= 4 is 43.0 Å². The molecule has 0 fully saturated rings. The Labute approximate surface area is 121 Å². The number of halogens is 1. The highest BCUT2D eigenvalue weighted by Gasteiger charge is 2.10. The largest absolute Gasteiger partial charge is 0.298 e. The van der Waals surface area contributed by atoms with Gasteiger partial charge in [-0.15, -0.1) is 11.3 Å². The molecular formula is C11H14ClN3O2S2. The molecule has 0 aliphatic carbocycles. The third kappa shape index (κ3) is 4.10. The molecule has 0 radical (unpaired) electrons.